The van der Waals surface area contributed by atoms with Crippen LogP contribution in [0.3, 0.4) is 0 Å². The Balaban J connectivity index is 2.45. The number of phenolic OH excluding ortho intramolecular Hbond substituents is 1. The Hall–Kier alpha value is -1.09. The first-order valence-corrected chi connectivity index (χ1v) is 3.50. The van der Waals surface area contributed by atoms with E-state index < -0.39 is 5.82 Å². The number of nitrogens with one attached hydrogen (secondary N) is 1. The van der Waals surface area contributed by atoms with E-state index in [-0.39, 0.29) is 11.8 Å². The van der Waals surface area contributed by atoms with Gasteiger partial charge < -0.3 is 10.4 Å². The van der Waals surface area contributed by atoms with E-state index in [4.69, 9.17) is 0 Å². The van der Waals surface area contributed by atoms with Crippen molar-refractivity contribution in [1.82, 2.24) is 5.32 Å². The molecule has 1 heterocycles. The van der Waals surface area contributed by atoms with Crippen molar-refractivity contribution in [2.75, 3.05) is 6.54 Å². The molecule has 3 heteroatoms. The highest BCUT2D eigenvalue weighted by Crippen LogP contribution is 2.31. The third-order valence-electron chi connectivity index (χ3n) is 1.80. The third kappa shape index (κ3) is 1.07. The molecule has 0 amide bonds. The second kappa shape index (κ2) is 2.20. The van der Waals surface area contributed by atoms with Gasteiger partial charge in [0, 0.05) is 18.2 Å². The van der Waals surface area contributed by atoms with Crippen molar-refractivity contribution in [3.8, 4) is 5.75 Å². The summed E-state index contributed by atoms with van der Waals surface area (Å²) in [5.41, 5.74) is 0.657. The molecular formula is C8H8FNO. The Bertz CT molecular complexity index is 283. The van der Waals surface area contributed by atoms with Crippen LogP contribution in [0.1, 0.15) is 11.6 Å². The molecular weight excluding hydrogens is 145 g/mol. The maximum atomic E-state index is 12.7. The lowest BCUT2D eigenvalue weighted by atomic mass is 10.1. The van der Waals surface area contributed by atoms with Crippen LogP contribution in [0.25, 0.3) is 0 Å². The van der Waals surface area contributed by atoms with Crippen LogP contribution in [0.5, 0.6) is 5.75 Å². The van der Waals surface area contributed by atoms with Crippen molar-refractivity contribution in [2.24, 2.45) is 0 Å². The van der Waals surface area contributed by atoms with Crippen molar-refractivity contribution in [3.05, 3.63) is 29.6 Å². The van der Waals surface area contributed by atoms with Gasteiger partial charge in [-0.25, -0.2) is 4.39 Å². The Morgan fingerprint density at radius 3 is 2.91 bits per heavy atom. The highest BCUT2D eigenvalue weighted by atomic mass is 19.1. The van der Waals surface area contributed by atoms with Crippen LogP contribution in [0.15, 0.2) is 18.2 Å². The molecule has 1 saturated heterocycles. The normalized spacial score (nSPS) is 21.7. The van der Waals surface area contributed by atoms with Crippen LogP contribution in [0, 0.1) is 5.82 Å². The number of hydrogen-bond acceptors (Lipinski definition) is 2. The van der Waals surface area contributed by atoms with Crippen molar-refractivity contribution < 1.29 is 9.50 Å². The van der Waals surface area contributed by atoms with E-state index in [0.29, 0.717) is 5.56 Å². The zero-order valence-corrected chi connectivity index (χ0v) is 5.84. The fraction of sp³-hybridized carbons (Fsp3) is 0.250. The highest BCUT2D eigenvalue weighted by Gasteiger charge is 2.25. The molecule has 2 rings (SSSR count). The van der Waals surface area contributed by atoms with Gasteiger partial charge >= 0.3 is 0 Å². The second-order valence-electron chi connectivity index (χ2n) is 2.64. The van der Waals surface area contributed by atoms with Crippen molar-refractivity contribution in [2.45, 2.75) is 6.04 Å². The number of phenols is 1. The lowest BCUT2D eigenvalue weighted by Crippen LogP contribution is -1.87. The van der Waals surface area contributed by atoms with Gasteiger partial charge in [0.05, 0.1) is 0 Å². The molecule has 2 nitrogen and oxygen atoms in total. The number of para-hydroxylation sites is 1. The second-order valence-corrected chi connectivity index (χ2v) is 2.64. The first kappa shape index (κ1) is 6.61. The highest BCUT2D eigenvalue weighted by molar-refractivity contribution is 5.38. The molecule has 0 unspecified atom stereocenters. The topological polar surface area (TPSA) is 42.2 Å². The van der Waals surface area contributed by atoms with Gasteiger partial charge in [0.2, 0.25) is 0 Å². The summed E-state index contributed by atoms with van der Waals surface area (Å²) in [6.07, 6.45) is 0. The van der Waals surface area contributed by atoms with E-state index in [1.54, 1.807) is 12.1 Å². The van der Waals surface area contributed by atoms with Gasteiger partial charge in [-0.05, 0) is 6.07 Å². The van der Waals surface area contributed by atoms with Crippen LogP contribution >= 0.6 is 0 Å². The standard InChI is InChI=1S/C8H8FNO/c9-6-3-1-2-5(8(6)11)7-4-10-7/h1-3,7,10-11H,4H2/t7-/m1/s1. The summed E-state index contributed by atoms with van der Waals surface area (Å²) in [5, 5.41) is 12.2. The van der Waals surface area contributed by atoms with Gasteiger partial charge in [-0.2, -0.15) is 0 Å². The SMILES string of the molecule is Oc1c(F)cccc1[C@H]1CN1. The zero-order chi connectivity index (χ0) is 7.84. The largest absolute Gasteiger partial charge is 0.505 e. The minimum atomic E-state index is -0.545. The zero-order valence-electron chi connectivity index (χ0n) is 5.84. The van der Waals surface area contributed by atoms with Crippen LogP contribution in [0.2, 0.25) is 0 Å². The molecule has 1 atom stereocenters. The number of aromatic hydroxyl groups is 1. The number of benzene rings is 1. The Labute approximate surface area is 63.7 Å². The van der Waals surface area contributed by atoms with Crippen molar-refractivity contribution in [1.29, 1.82) is 0 Å². The molecule has 1 aromatic rings. The van der Waals surface area contributed by atoms with Crippen molar-refractivity contribution >= 4 is 0 Å². The Kier molecular flexibility index (Phi) is 1.32. The Morgan fingerprint density at radius 1 is 1.55 bits per heavy atom. The molecule has 0 bridgehead atoms. The van der Waals surface area contributed by atoms with Gasteiger partial charge in [-0.1, -0.05) is 12.1 Å². The maximum absolute atomic E-state index is 12.7. The molecule has 1 aliphatic heterocycles. The molecule has 1 fully saturated rings. The summed E-state index contributed by atoms with van der Waals surface area (Å²) >= 11 is 0. The number of rotatable bonds is 1. The minimum absolute atomic E-state index is 0.158. The number of halogens is 1. The predicted octanol–water partition coefficient (Wildman–Crippen LogP) is 1.18. The van der Waals surface area contributed by atoms with E-state index >= 15 is 0 Å². The van der Waals surface area contributed by atoms with Crippen LogP contribution in [-0.4, -0.2) is 11.7 Å². The van der Waals surface area contributed by atoms with Gasteiger partial charge in [0.1, 0.15) is 0 Å². The fourth-order valence-corrected chi connectivity index (χ4v) is 1.09. The average molecular weight is 153 g/mol. The first-order valence-electron chi connectivity index (χ1n) is 3.50. The van der Waals surface area contributed by atoms with Crippen LogP contribution in [0.4, 0.5) is 4.39 Å². The van der Waals surface area contributed by atoms with Gasteiger partial charge in [0.25, 0.3) is 0 Å². The summed E-state index contributed by atoms with van der Waals surface area (Å²) in [4.78, 5) is 0. The molecule has 1 aliphatic rings. The minimum Gasteiger partial charge on any atom is -0.505 e. The molecule has 0 saturated carbocycles. The first-order chi connectivity index (χ1) is 5.29. The van der Waals surface area contributed by atoms with E-state index in [2.05, 4.69) is 5.32 Å². The third-order valence-corrected chi connectivity index (χ3v) is 1.80. The van der Waals surface area contributed by atoms with E-state index in [1.807, 2.05) is 0 Å². The average Bonchev–Trinajstić information content (AvgIpc) is 2.77. The van der Waals surface area contributed by atoms with Crippen molar-refractivity contribution in [3.63, 3.8) is 0 Å². The molecule has 0 spiro atoms. The lowest BCUT2D eigenvalue weighted by molar-refractivity contribution is 0.426. The summed E-state index contributed by atoms with van der Waals surface area (Å²) in [6.45, 7) is 0.830. The predicted molar refractivity (Wildman–Crippen MR) is 38.8 cm³/mol. The fourth-order valence-electron chi connectivity index (χ4n) is 1.09. The van der Waals surface area contributed by atoms with Crippen LogP contribution < -0.4 is 5.32 Å². The summed E-state index contributed by atoms with van der Waals surface area (Å²) in [5.74, 6) is -0.765. The molecule has 0 aliphatic carbocycles. The quantitative estimate of drug-likeness (QED) is 0.595. The van der Waals surface area contributed by atoms with E-state index in [1.165, 1.54) is 6.07 Å². The van der Waals surface area contributed by atoms with Gasteiger partial charge in [0.15, 0.2) is 11.6 Å². The molecule has 0 radical (unpaired) electrons. The van der Waals surface area contributed by atoms with Crippen LogP contribution in [-0.2, 0) is 0 Å². The molecule has 1 aromatic carbocycles. The van der Waals surface area contributed by atoms with E-state index in [0.717, 1.165) is 6.54 Å². The summed E-state index contributed by atoms with van der Waals surface area (Å²) < 4.78 is 12.7. The van der Waals surface area contributed by atoms with Gasteiger partial charge in [-0.3, -0.25) is 0 Å². The number of hydrogen-bond donors (Lipinski definition) is 2. The molecule has 2 N–H and O–H groups in total. The molecule has 11 heavy (non-hydrogen) atoms. The summed E-state index contributed by atoms with van der Waals surface area (Å²) in [7, 11) is 0. The Morgan fingerprint density at radius 2 is 2.27 bits per heavy atom. The van der Waals surface area contributed by atoms with E-state index in [9.17, 15) is 9.50 Å². The van der Waals surface area contributed by atoms with Gasteiger partial charge in [-0.15, -0.1) is 0 Å². The smallest absolute Gasteiger partial charge is 0.165 e. The molecule has 0 aromatic heterocycles. The molecule has 58 valence electrons. The monoisotopic (exact) mass is 153 g/mol. The maximum Gasteiger partial charge on any atom is 0.165 e. The lowest BCUT2D eigenvalue weighted by Gasteiger charge is -2.00. The summed E-state index contributed by atoms with van der Waals surface area (Å²) in [6, 6.07) is 4.74.